The summed E-state index contributed by atoms with van der Waals surface area (Å²) in [6.07, 6.45) is 7.15. The third-order valence-corrected chi connectivity index (χ3v) is 5.09. The third-order valence-electron chi connectivity index (χ3n) is 5.09. The van der Waals surface area contributed by atoms with Gasteiger partial charge in [0.15, 0.2) is 0 Å². The quantitative estimate of drug-likeness (QED) is 0.641. The molecule has 4 N–H and O–H groups in total. The maximum absolute atomic E-state index is 8.16. The van der Waals surface area contributed by atoms with Gasteiger partial charge in [-0.15, -0.1) is 0 Å². The number of nitrogens with zero attached hydrogens (tertiary/aromatic N) is 3. The molecular formula is C21H28N5+. The van der Waals surface area contributed by atoms with Gasteiger partial charge in [-0.1, -0.05) is 18.2 Å². The van der Waals surface area contributed by atoms with Crippen molar-refractivity contribution >= 4 is 11.0 Å². The fourth-order valence-corrected chi connectivity index (χ4v) is 3.83. The number of aromatic amines is 1. The Bertz CT molecular complexity index is 1010. The van der Waals surface area contributed by atoms with Crippen molar-refractivity contribution in [1.29, 1.82) is 0 Å². The molecule has 1 aliphatic carbocycles. The van der Waals surface area contributed by atoms with Gasteiger partial charge in [0.1, 0.15) is 5.82 Å². The number of quaternary nitrogens is 1. The summed E-state index contributed by atoms with van der Waals surface area (Å²) in [7, 11) is 0. The smallest absolute Gasteiger partial charge is 0.121 e. The molecule has 4 rings (SSSR count). The Kier molecular flexibility index (Phi) is 3.99. The fourth-order valence-electron chi connectivity index (χ4n) is 3.83. The number of aryl methyl sites for hydroxylation is 1. The van der Waals surface area contributed by atoms with Crippen LogP contribution in [0.25, 0.3) is 11.0 Å². The van der Waals surface area contributed by atoms with Crippen LogP contribution >= 0.6 is 0 Å². The number of imidazole rings is 1. The monoisotopic (exact) mass is 354 g/mol. The topological polar surface area (TPSA) is 72.5 Å². The summed E-state index contributed by atoms with van der Waals surface area (Å²) in [6.45, 7) is 2.34. The van der Waals surface area contributed by atoms with E-state index in [1.807, 2.05) is 12.3 Å². The zero-order valence-electron chi connectivity index (χ0n) is 19.0. The van der Waals surface area contributed by atoms with Crippen molar-refractivity contribution in [2.24, 2.45) is 0 Å². The van der Waals surface area contributed by atoms with Crippen LogP contribution in [0.5, 0.6) is 0 Å². The summed E-state index contributed by atoms with van der Waals surface area (Å²) in [5.41, 5.74) is 7.07. The van der Waals surface area contributed by atoms with E-state index in [-0.39, 0.29) is 30.2 Å². The summed E-state index contributed by atoms with van der Waals surface area (Å²) in [5.74, 6) is 0.662. The minimum atomic E-state index is -0.247. The lowest BCUT2D eigenvalue weighted by Crippen LogP contribution is -2.50. The molecule has 0 saturated heterocycles. The number of rotatable bonds is 7. The molecule has 0 amide bonds. The first-order valence-corrected chi connectivity index (χ1v) is 9.43. The highest BCUT2D eigenvalue weighted by Gasteiger charge is 2.27. The number of benzene rings is 1. The Hall–Kier alpha value is -2.24. The van der Waals surface area contributed by atoms with Crippen LogP contribution in [-0.4, -0.2) is 32.9 Å². The van der Waals surface area contributed by atoms with E-state index in [1.165, 1.54) is 5.56 Å². The van der Waals surface area contributed by atoms with E-state index in [4.69, 9.17) is 10.5 Å². The molecule has 26 heavy (non-hydrogen) atoms. The van der Waals surface area contributed by atoms with Crippen LogP contribution < -0.4 is 5.73 Å². The van der Waals surface area contributed by atoms with Gasteiger partial charge in [0.25, 0.3) is 0 Å². The largest absolute Gasteiger partial charge is 0.358 e. The molecule has 5 nitrogen and oxygen atoms in total. The lowest BCUT2D eigenvalue weighted by Gasteiger charge is -2.34. The van der Waals surface area contributed by atoms with Gasteiger partial charge < -0.3 is 10.7 Å². The molecule has 2 aromatic heterocycles. The van der Waals surface area contributed by atoms with Crippen molar-refractivity contribution < 1.29 is 11.2 Å². The van der Waals surface area contributed by atoms with E-state index in [1.54, 1.807) is 0 Å². The van der Waals surface area contributed by atoms with Crippen molar-refractivity contribution in [1.82, 2.24) is 19.9 Å². The van der Waals surface area contributed by atoms with E-state index < -0.39 is 0 Å². The van der Waals surface area contributed by atoms with Crippen molar-refractivity contribution in [3.05, 3.63) is 59.6 Å². The van der Waals surface area contributed by atoms with E-state index in [9.17, 15) is 0 Å². The first-order chi connectivity index (χ1) is 14.5. The van der Waals surface area contributed by atoms with Crippen LogP contribution in [-0.2, 0) is 13.0 Å². The van der Waals surface area contributed by atoms with Gasteiger partial charge in [-0.05, 0) is 62.4 Å². The lowest BCUT2D eigenvalue weighted by molar-refractivity contribution is -0.368. The first kappa shape index (κ1) is 13.0. The van der Waals surface area contributed by atoms with Gasteiger partial charge in [-0.2, -0.15) is 0 Å². The summed E-state index contributed by atoms with van der Waals surface area (Å²) < 4.78 is 32.1. The maximum atomic E-state index is 8.16. The van der Waals surface area contributed by atoms with E-state index in [0.29, 0.717) is 23.4 Å². The van der Waals surface area contributed by atoms with Crippen molar-refractivity contribution in [3.63, 3.8) is 0 Å². The molecule has 0 spiro atoms. The Balaban J connectivity index is 1.68. The Labute approximate surface area is 160 Å². The minimum Gasteiger partial charge on any atom is -0.358 e. The zero-order chi connectivity index (χ0) is 21.3. The predicted octanol–water partition coefficient (Wildman–Crippen LogP) is 2.86. The molecule has 1 atom stereocenters. The molecule has 2 heterocycles. The fraction of sp³-hybridized carbons (Fsp3) is 0.429. The number of fused-ring (bicyclic) bond motifs is 2. The van der Waals surface area contributed by atoms with Gasteiger partial charge in [-0.25, -0.2) is 4.98 Å². The summed E-state index contributed by atoms with van der Waals surface area (Å²) in [6, 6.07) is 3.71. The summed E-state index contributed by atoms with van der Waals surface area (Å²) in [5, 5.41) is 0. The van der Waals surface area contributed by atoms with E-state index in [0.717, 1.165) is 50.9 Å². The van der Waals surface area contributed by atoms with Gasteiger partial charge in [-0.3, -0.25) is 9.88 Å². The highest BCUT2D eigenvalue weighted by molar-refractivity contribution is 5.74. The number of aromatic nitrogens is 3. The van der Waals surface area contributed by atoms with Gasteiger partial charge >= 0.3 is 0 Å². The van der Waals surface area contributed by atoms with Crippen LogP contribution in [0.15, 0.2) is 42.5 Å². The normalized spacial score (nSPS) is 19.1. The van der Waals surface area contributed by atoms with Gasteiger partial charge in [0.2, 0.25) is 0 Å². The second-order valence-corrected chi connectivity index (χ2v) is 6.89. The van der Waals surface area contributed by atoms with Crippen LogP contribution in [0.1, 0.15) is 54.3 Å². The zero-order valence-corrected chi connectivity index (χ0v) is 15.0. The van der Waals surface area contributed by atoms with E-state index in [2.05, 4.69) is 26.7 Å². The standard InChI is InChI=1S/C21H27N5/c22-12-3-4-14-26(15-20-24-17-9-1-2-10-18(17)25-20)19-11-5-7-16-8-6-13-23-21(16)19/h1-2,6,8-10,13,19H,3-5,7,11-12,14-15,22H2,(H,24,25)/p+1/t19-/m0/s1/i1D,2D,9D,10D. The Morgan fingerprint density at radius 3 is 3.15 bits per heavy atom. The molecule has 3 aromatic rings. The van der Waals surface area contributed by atoms with Crippen molar-refractivity contribution in [2.75, 3.05) is 13.1 Å². The molecule has 1 aliphatic rings. The molecule has 1 aromatic carbocycles. The van der Waals surface area contributed by atoms with Gasteiger partial charge in [0, 0.05) is 6.20 Å². The van der Waals surface area contributed by atoms with Gasteiger partial charge in [0.05, 0.1) is 41.3 Å². The lowest BCUT2D eigenvalue weighted by atomic mass is 9.90. The number of pyridine rings is 1. The maximum Gasteiger partial charge on any atom is 0.121 e. The van der Waals surface area contributed by atoms with Crippen molar-refractivity contribution in [3.8, 4) is 0 Å². The Morgan fingerprint density at radius 1 is 1.31 bits per heavy atom. The number of unbranched alkanes of at least 4 members (excludes halogenated alkanes) is 1. The molecule has 0 radical (unpaired) electrons. The van der Waals surface area contributed by atoms with Crippen LogP contribution in [0.4, 0.5) is 0 Å². The molecule has 0 unspecified atom stereocenters. The second-order valence-electron chi connectivity index (χ2n) is 6.89. The predicted molar refractivity (Wildman–Crippen MR) is 103 cm³/mol. The molecule has 136 valence electrons. The summed E-state index contributed by atoms with van der Waals surface area (Å²) in [4.78, 5) is 14.8. The molecule has 0 bridgehead atoms. The SMILES string of the molecule is [2H]c1c([2H])c([2H])c2[nH]c(CN(CCCC[NH3+])[C@H]3CCCc4cccnc43)nc2c1[2H]. The average molecular weight is 355 g/mol. The number of nitrogens with one attached hydrogen (secondary N) is 1. The molecule has 0 aliphatic heterocycles. The molecule has 5 heteroatoms. The number of para-hydroxylation sites is 2. The van der Waals surface area contributed by atoms with Crippen LogP contribution in [0.2, 0.25) is 0 Å². The highest BCUT2D eigenvalue weighted by atomic mass is 15.2. The van der Waals surface area contributed by atoms with Crippen LogP contribution in [0, 0.1) is 0 Å². The third kappa shape index (κ3) is 3.64. The Morgan fingerprint density at radius 2 is 2.23 bits per heavy atom. The number of hydrogen-bond acceptors (Lipinski definition) is 3. The highest BCUT2D eigenvalue weighted by Crippen LogP contribution is 2.33. The minimum absolute atomic E-state index is 0.0713. The van der Waals surface area contributed by atoms with Crippen LogP contribution in [0.3, 0.4) is 0 Å². The number of H-pyrrole nitrogens is 1. The molecule has 0 saturated carbocycles. The molecule has 0 fully saturated rings. The molecular weight excluding hydrogens is 322 g/mol. The number of hydrogen-bond donors (Lipinski definition) is 2. The second kappa shape index (κ2) is 7.98. The van der Waals surface area contributed by atoms with Crippen molar-refractivity contribution in [2.45, 2.75) is 44.7 Å². The van der Waals surface area contributed by atoms with E-state index >= 15 is 0 Å². The first-order valence-electron chi connectivity index (χ1n) is 11.4. The average Bonchev–Trinajstić information content (AvgIpc) is 3.19. The summed E-state index contributed by atoms with van der Waals surface area (Å²) >= 11 is 0.